The van der Waals surface area contributed by atoms with Crippen LogP contribution in [0, 0.1) is 25.2 Å². The summed E-state index contributed by atoms with van der Waals surface area (Å²) in [7, 11) is 0. The van der Waals surface area contributed by atoms with E-state index in [1.807, 2.05) is 24.3 Å². The van der Waals surface area contributed by atoms with Crippen LogP contribution in [0.1, 0.15) is 130 Å². The Morgan fingerprint density at radius 2 is 1.06 bits per heavy atom. The lowest BCUT2D eigenvalue weighted by Gasteiger charge is -2.17. The molecule has 268 valence electrons. The molecule has 0 amide bonds. The fraction of sp³-hybridized carbons (Fsp3) is 0.367. The monoisotopic (exact) mass is 687 g/mol. The Bertz CT molecular complexity index is 1910. The maximum atomic E-state index is 9.46. The average Bonchev–Trinajstić information content (AvgIpc) is 3.18. The summed E-state index contributed by atoms with van der Waals surface area (Å²) in [6, 6.07) is 34.2. The third-order valence-corrected chi connectivity index (χ3v) is 10.2. The Morgan fingerprint density at radius 1 is 0.538 bits per heavy atom. The topological polar surface area (TPSA) is 49.6 Å². The second-order valence-electron chi connectivity index (χ2n) is 14.5. The van der Waals surface area contributed by atoms with E-state index in [0.717, 1.165) is 40.9 Å². The van der Waals surface area contributed by atoms with Crippen molar-refractivity contribution in [3.05, 3.63) is 130 Å². The van der Waals surface area contributed by atoms with Gasteiger partial charge < -0.3 is 0 Å². The lowest BCUT2D eigenvalue weighted by Crippen LogP contribution is -2.01. The molecule has 0 aliphatic rings. The van der Waals surface area contributed by atoms with Gasteiger partial charge in [-0.05, 0) is 104 Å². The van der Waals surface area contributed by atoms with E-state index in [9.17, 15) is 5.26 Å². The highest BCUT2D eigenvalue weighted by atomic mass is 14.9. The van der Waals surface area contributed by atoms with Crippen LogP contribution in [0.3, 0.4) is 0 Å². The minimum Gasteiger partial charge on any atom is -0.228 e. The first-order chi connectivity index (χ1) is 25.5. The van der Waals surface area contributed by atoms with E-state index in [1.54, 1.807) is 0 Å². The van der Waals surface area contributed by atoms with E-state index in [0.29, 0.717) is 11.4 Å². The van der Waals surface area contributed by atoms with Crippen molar-refractivity contribution in [2.24, 2.45) is 0 Å². The summed E-state index contributed by atoms with van der Waals surface area (Å²) in [6.45, 7) is 8.97. The van der Waals surface area contributed by atoms with Crippen LogP contribution in [-0.2, 0) is 12.8 Å². The second kappa shape index (κ2) is 20.3. The summed E-state index contributed by atoms with van der Waals surface area (Å²) in [5, 5.41) is 9.46. The number of unbranched alkanes of at least 4 members (excludes halogenated alkanes) is 10. The Morgan fingerprint density at radius 3 is 1.65 bits per heavy atom. The van der Waals surface area contributed by atoms with Crippen molar-refractivity contribution in [3.8, 4) is 40.0 Å². The Labute approximate surface area is 313 Å². The molecule has 0 unspecified atom stereocenters. The molecule has 0 atom stereocenters. The summed E-state index contributed by atoms with van der Waals surface area (Å²) in [4.78, 5) is 10.4. The van der Waals surface area contributed by atoms with Gasteiger partial charge in [-0.1, -0.05) is 150 Å². The zero-order valence-electron chi connectivity index (χ0n) is 32.1. The normalized spacial score (nSPS) is 11.3. The number of aryl methyl sites for hydroxylation is 4. The fourth-order valence-corrected chi connectivity index (χ4v) is 6.91. The molecule has 52 heavy (non-hydrogen) atoms. The molecule has 1 heterocycles. The third kappa shape index (κ3) is 11.3. The fourth-order valence-electron chi connectivity index (χ4n) is 6.91. The molecule has 3 nitrogen and oxygen atoms in total. The van der Waals surface area contributed by atoms with Gasteiger partial charge in [0.1, 0.15) is 0 Å². The van der Waals surface area contributed by atoms with Crippen LogP contribution in [0.25, 0.3) is 46.1 Å². The Hall–Kier alpha value is -4.81. The lowest BCUT2D eigenvalue weighted by molar-refractivity contribution is 0.605. The maximum Gasteiger partial charge on any atom is 0.160 e. The first-order valence-corrected chi connectivity index (χ1v) is 19.8. The van der Waals surface area contributed by atoms with Crippen LogP contribution >= 0.6 is 0 Å². The molecule has 4 aromatic carbocycles. The van der Waals surface area contributed by atoms with E-state index in [-0.39, 0.29) is 0 Å². The molecule has 3 heteroatoms. The first kappa shape index (κ1) is 38.4. The molecule has 0 aliphatic heterocycles. The molecule has 0 saturated heterocycles. The molecule has 0 bridgehead atoms. The van der Waals surface area contributed by atoms with E-state index in [1.165, 1.54) is 110 Å². The minimum atomic E-state index is 0.633. The summed E-state index contributed by atoms with van der Waals surface area (Å²) < 4.78 is 0. The number of aromatic nitrogens is 2. The van der Waals surface area contributed by atoms with Gasteiger partial charge in [0.25, 0.3) is 0 Å². The number of nitriles is 1. The highest BCUT2D eigenvalue weighted by Gasteiger charge is 2.16. The largest absolute Gasteiger partial charge is 0.228 e. The van der Waals surface area contributed by atoms with Gasteiger partial charge >= 0.3 is 0 Å². The average molecular weight is 688 g/mol. The number of hydrogen-bond acceptors (Lipinski definition) is 3. The van der Waals surface area contributed by atoms with E-state index >= 15 is 0 Å². The van der Waals surface area contributed by atoms with Gasteiger partial charge in [0.15, 0.2) is 5.82 Å². The van der Waals surface area contributed by atoms with Crippen molar-refractivity contribution >= 4 is 12.2 Å². The molecule has 1 aromatic heterocycles. The lowest BCUT2D eigenvalue weighted by atomic mass is 9.91. The molecule has 0 fully saturated rings. The van der Waals surface area contributed by atoms with E-state index in [2.05, 4.69) is 113 Å². The van der Waals surface area contributed by atoms with Gasteiger partial charge in [0.2, 0.25) is 0 Å². The maximum absolute atomic E-state index is 9.46. The zero-order valence-corrected chi connectivity index (χ0v) is 32.1. The smallest absolute Gasteiger partial charge is 0.160 e. The first-order valence-electron chi connectivity index (χ1n) is 19.8. The van der Waals surface area contributed by atoms with Crippen molar-refractivity contribution in [2.75, 3.05) is 0 Å². The van der Waals surface area contributed by atoms with Crippen LogP contribution in [0.2, 0.25) is 0 Å². The van der Waals surface area contributed by atoms with Crippen LogP contribution in [-0.4, -0.2) is 9.97 Å². The molecular formula is C49H57N3. The zero-order chi connectivity index (χ0) is 36.5. The Balaban J connectivity index is 1.51. The van der Waals surface area contributed by atoms with Gasteiger partial charge in [-0.3, -0.25) is 0 Å². The number of rotatable bonds is 19. The second-order valence-corrected chi connectivity index (χ2v) is 14.5. The molecule has 5 rings (SSSR count). The molecule has 0 aliphatic carbocycles. The van der Waals surface area contributed by atoms with Crippen LogP contribution in [0.5, 0.6) is 0 Å². The van der Waals surface area contributed by atoms with Crippen molar-refractivity contribution in [2.45, 2.75) is 118 Å². The van der Waals surface area contributed by atoms with Crippen molar-refractivity contribution in [1.82, 2.24) is 9.97 Å². The van der Waals surface area contributed by atoms with Gasteiger partial charge in [-0.15, -0.1) is 0 Å². The summed E-state index contributed by atoms with van der Waals surface area (Å²) >= 11 is 0. The van der Waals surface area contributed by atoms with Gasteiger partial charge in [-0.25, -0.2) is 9.97 Å². The van der Waals surface area contributed by atoms with Gasteiger partial charge in [0.05, 0.1) is 23.0 Å². The molecular weight excluding hydrogens is 631 g/mol. The molecule has 0 radical (unpaired) electrons. The predicted octanol–water partition coefficient (Wildman–Crippen LogP) is 13.9. The standard InChI is InChI=1S/C49H57N3/c1-5-7-9-11-13-15-17-44-34-46(45(33-38(44)4)18-16-14-12-10-8-6-2)48-35-47(51-49(52-48)43-31-27-41(36-50)28-32-43)42-29-25-40(26-30-42)24-23-39-21-19-37(3)20-22-39/h19-35H,5-18H2,1-4H3/b24-23+. The molecule has 0 spiro atoms. The predicted molar refractivity (Wildman–Crippen MR) is 222 cm³/mol. The van der Waals surface area contributed by atoms with Crippen molar-refractivity contribution < 1.29 is 0 Å². The third-order valence-electron chi connectivity index (χ3n) is 10.2. The van der Waals surface area contributed by atoms with Crippen LogP contribution < -0.4 is 0 Å². The van der Waals surface area contributed by atoms with Crippen LogP contribution in [0.15, 0.2) is 91.0 Å². The van der Waals surface area contributed by atoms with Gasteiger partial charge in [-0.2, -0.15) is 5.26 Å². The van der Waals surface area contributed by atoms with E-state index < -0.39 is 0 Å². The highest BCUT2D eigenvalue weighted by molar-refractivity contribution is 5.76. The van der Waals surface area contributed by atoms with Crippen molar-refractivity contribution in [3.63, 3.8) is 0 Å². The number of hydrogen-bond donors (Lipinski definition) is 0. The minimum absolute atomic E-state index is 0.633. The quantitative estimate of drug-likeness (QED) is 0.0641. The van der Waals surface area contributed by atoms with E-state index in [4.69, 9.17) is 9.97 Å². The van der Waals surface area contributed by atoms with Crippen molar-refractivity contribution in [1.29, 1.82) is 5.26 Å². The molecule has 0 saturated carbocycles. The summed E-state index contributed by atoms with van der Waals surface area (Å²) in [5.41, 5.74) is 13.5. The summed E-state index contributed by atoms with van der Waals surface area (Å²) in [6.07, 6.45) is 21.9. The van der Waals surface area contributed by atoms with Crippen LogP contribution in [0.4, 0.5) is 0 Å². The highest BCUT2D eigenvalue weighted by Crippen LogP contribution is 2.33. The summed E-state index contributed by atoms with van der Waals surface area (Å²) in [5.74, 6) is 0.684. The number of benzene rings is 4. The molecule has 0 N–H and O–H groups in total. The SMILES string of the molecule is CCCCCCCCc1cc(-c2cc(-c3ccc(/C=C/c4ccc(C)cc4)cc3)nc(-c3ccc(C#N)cc3)n2)c(CCCCCCCC)cc1C. The Kier molecular flexibility index (Phi) is 15.0. The van der Waals surface area contributed by atoms with Gasteiger partial charge in [0, 0.05) is 16.7 Å². The number of nitrogens with zero attached hydrogens (tertiary/aromatic N) is 3. The molecule has 5 aromatic rings.